The second-order valence-electron chi connectivity index (χ2n) is 4.70. The van der Waals surface area contributed by atoms with Crippen LogP contribution in [0.3, 0.4) is 0 Å². The van der Waals surface area contributed by atoms with Crippen LogP contribution >= 0.6 is 0 Å². The summed E-state index contributed by atoms with van der Waals surface area (Å²) in [6.07, 6.45) is 2.48. The van der Waals surface area contributed by atoms with Gasteiger partial charge in [0.05, 0.1) is 0 Å². The van der Waals surface area contributed by atoms with E-state index in [9.17, 15) is 0 Å². The molecule has 0 aliphatic heterocycles. The molecular weight excluding hydrogens is 208 g/mol. The van der Waals surface area contributed by atoms with Crippen molar-refractivity contribution in [2.45, 2.75) is 39.7 Å². The summed E-state index contributed by atoms with van der Waals surface area (Å²) < 4.78 is 0. The van der Waals surface area contributed by atoms with E-state index in [2.05, 4.69) is 55.3 Å². The SMILES string of the molecule is CCN(CCCC(C)NC)c1ccccc1C. The van der Waals surface area contributed by atoms with Crippen molar-refractivity contribution in [2.75, 3.05) is 25.0 Å². The molecule has 0 fully saturated rings. The molecule has 96 valence electrons. The van der Waals surface area contributed by atoms with Gasteiger partial charge in [0.25, 0.3) is 0 Å². The number of nitrogens with one attached hydrogen (secondary N) is 1. The zero-order valence-electron chi connectivity index (χ0n) is 11.7. The van der Waals surface area contributed by atoms with Gasteiger partial charge in [0.1, 0.15) is 0 Å². The molecule has 0 amide bonds. The molecule has 1 N–H and O–H groups in total. The largest absolute Gasteiger partial charge is 0.372 e. The summed E-state index contributed by atoms with van der Waals surface area (Å²) in [5.41, 5.74) is 2.75. The first kappa shape index (κ1) is 14.0. The fourth-order valence-electron chi connectivity index (χ4n) is 2.10. The number of para-hydroxylation sites is 1. The smallest absolute Gasteiger partial charge is 0.0395 e. The highest BCUT2D eigenvalue weighted by Gasteiger charge is 2.07. The van der Waals surface area contributed by atoms with Gasteiger partial charge in [-0.25, -0.2) is 0 Å². The first-order valence-electron chi connectivity index (χ1n) is 6.66. The Morgan fingerprint density at radius 2 is 2.00 bits per heavy atom. The van der Waals surface area contributed by atoms with E-state index < -0.39 is 0 Å². The van der Waals surface area contributed by atoms with E-state index in [-0.39, 0.29) is 0 Å². The third-order valence-electron chi connectivity index (χ3n) is 3.40. The molecule has 0 radical (unpaired) electrons. The van der Waals surface area contributed by atoms with E-state index in [4.69, 9.17) is 0 Å². The minimum atomic E-state index is 0.616. The lowest BCUT2D eigenvalue weighted by Gasteiger charge is -2.25. The molecule has 0 bridgehead atoms. The highest BCUT2D eigenvalue weighted by molar-refractivity contribution is 5.52. The molecule has 0 saturated carbocycles. The van der Waals surface area contributed by atoms with E-state index in [1.54, 1.807) is 0 Å². The Balaban J connectivity index is 2.52. The van der Waals surface area contributed by atoms with Crippen LogP contribution < -0.4 is 10.2 Å². The molecule has 0 aliphatic rings. The lowest BCUT2D eigenvalue weighted by atomic mass is 10.1. The minimum absolute atomic E-state index is 0.616. The predicted octanol–water partition coefficient (Wildman–Crippen LogP) is 3.21. The maximum Gasteiger partial charge on any atom is 0.0395 e. The van der Waals surface area contributed by atoms with Crippen LogP contribution in [0.15, 0.2) is 24.3 Å². The second-order valence-corrected chi connectivity index (χ2v) is 4.70. The van der Waals surface area contributed by atoms with E-state index in [1.807, 2.05) is 7.05 Å². The highest BCUT2D eigenvalue weighted by Crippen LogP contribution is 2.19. The van der Waals surface area contributed by atoms with Crippen molar-refractivity contribution in [1.29, 1.82) is 0 Å². The van der Waals surface area contributed by atoms with Gasteiger partial charge in [0.15, 0.2) is 0 Å². The third kappa shape index (κ3) is 4.39. The van der Waals surface area contributed by atoms with Gasteiger partial charge in [-0.15, -0.1) is 0 Å². The molecule has 1 aromatic carbocycles. The van der Waals surface area contributed by atoms with Gasteiger partial charge in [0, 0.05) is 24.8 Å². The molecule has 0 aromatic heterocycles. The number of hydrogen-bond donors (Lipinski definition) is 1. The lowest BCUT2D eigenvalue weighted by Crippen LogP contribution is -2.27. The van der Waals surface area contributed by atoms with E-state index in [0.717, 1.165) is 13.1 Å². The summed E-state index contributed by atoms with van der Waals surface area (Å²) in [4.78, 5) is 2.47. The van der Waals surface area contributed by atoms with Gasteiger partial charge < -0.3 is 10.2 Å². The Bertz CT molecular complexity index is 322. The van der Waals surface area contributed by atoms with Crippen molar-refractivity contribution in [3.8, 4) is 0 Å². The van der Waals surface area contributed by atoms with Crippen molar-refractivity contribution in [3.63, 3.8) is 0 Å². The predicted molar refractivity (Wildman–Crippen MR) is 76.8 cm³/mol. The normalized spacial score (nSPS) is 12.5. The number of hydrogen-bond acceptors (Lipinski definition) is 2. The van der Waals surface area contributed by atoms with Gasteiger partial charge >= 0.3 is 0 Å². The summed E-state index contributed by atoms with van der Waals surface area (Å²) in [6.45, 7) is 8.89. The third-order valence-corrected chi connectivity index (χ3v) is 3.40. The molecule has 0 saturated heterocycles. The number of rotatable bonds is 7. The number of benzene rings is 1. The molecule has 1 rings (SSSR count). The van der Waals surface area contributed by atoms with E-state index in [0.29, 0.717) is 6.04 Å². The quantitative estimate of drug-likeness (QED) is 0.779. The van der Waals surface area contributed by atoms with Gasteiger partial charge in [0.2, 0.25) is 0 Å². The summed E-state index contributed by atoms with van der Waals surface area (Å²) in [5, 5.41) is 3.29. The van der Waals surface area contributed by atoms with Crippen LogP contribution in [-0.4, -0.2) is 26.2 Å². The molecule has 0 spiro atoms. The fourth-order valence-corrected chi connectivity index (χ4v) is 2.10. The molecule has 1 atom stereocenters. The van der Waals surface area contributed by atoms with Gasteiger partial charge in [-0.05, 0) is 52.3 Å². The van der Waals surface area contributed by atoms with Crippen LogP contribution in [0.25, 0.3) is 0 Å². The summed E-state index contributed by atoms with van der Waals surface area (Å²) in [5.74, 6) is 0. The molecule has 1 unspecified atom stereocenters. The van der Waals surface area contributed by atoms with E-state index in [1.165, 1.54) is 24.1 Å². The second kappa shape index (κ2) is 7.33. The zero-order chi connectivity index (χ0) is 12.7. The Hall–Kier alpha value is -1.02. The van der Waals surface area contributed by atoms with Crippen LogP contribution in [0.5, 0.6) is 0 Å². The summed E-state index contributed by atoms with van der Waals surface area (Å²) in [7, 11) is 2.03. The Morgan fingerprint density at radius 3 is 2.59 bits per heavy atom. The Labute approximate surface area is 106 Å². The Kier molecular flexibility index (Phi) is 6.06. The van der Waals surface area contributed by atoms with Gasteiger partial charge in [-0.2, -0.15) is 0 Å². The van der Waals surface area contributed by atoms with Crippen LogP contribution in [0, 0.1) is 6.92 Å². The van der Waals surface area contributed by atoms with Crippen molar-refractivity contribution >= 4 is 5.69 Å². The van der Waals surface area contributed by atoms with Crippen molar-refractivity contribution in [1.82, 2.24) is 5.32 Å². The van der Waals surface area contributed by atoms with Crippen LogP contribution in [0.2, 0.25) is 0 Å². The Morgan fingerprint density at radius 1 is 1.29 bits per heavy atom. The summed E-state index contributed by atoms with van der Waals surface area (Å²) in [6, 6.07) is 9.26. The molecule has 2 nitrogen and oxygen atoms in total. The van der Waals surface area contributed by atoms with Gasteiger partial charge in [-0.3, -0.25) is 0 Å². The minimum Gasteiger partial charge on any atom is -0.372 e. The fraction of sp³-hybridized carbons (Fsp3) is 0.600. The standard InChI is InChI=1S/C15H26N2/c1-5-17(12-8-10-14(3)16-4)15-11-7-6-9-13(15)2/h6-7,9,11,14,16H,5,8,10,12H2,1-4H3. The molecule has 2 heteroatoms. The maximum atomic E-state index is 3.29. The van der Waals surface area contributed by atoms with Crippen molar-refractivity contribution in [3.05, 3.63) is 29.8 Å². The van der Waals surface area contributed by atoms with Crippen LogP contribution in [0.4, 0.5) is 5.69 Å². The van der Waals surface area contributed by atoms with Crippen molar-refractivity contribution in [2.24, 2.45) is 0 Å². The molecular formula is C15H26N2. The first-order chi connectivity index (χ1) is 8.19. The average Bonchev–Trinajstić information content (AvgIpc) is 2.35. The van der Waals surface area contributed by atoms with Crippen LogP contribution in [0.1, 0.15) is 32.3 Å². The topological polar surface area (TPSA) is 15.3 Å². The zero-order valence-corrected chi connectivity index (χ0v) is 11.7. The van der Waals surface area contributed by atoms with Gasteiger partial charge in [-0.1, -0.05) is 18.2 Å². The van der Waals surface area contributed by atoms with Crippen molar-refractivity contribution < 1.29 is 0 Å². The highest BCUT2D eigenvalue weighted by atomic mass is 15.1. The number of aryl methyl sites for hydroxylation is 1. The molecule has 17 heavy (non-hydrogen) atoms. The monoisotopic (exact) mass is 234 g/mol. The molecule has 1 aromatic rings. The number of nitrogens with zero attached hydrogens (tertiary/aromatic N) is 1. The molecule has 0 heterocycles. The average molecular weight is 234 g/mol. The first-order valence-corrected chi connectivity index (χ1v) is 6.66. The number of anilines is 1. The maximum absolute atomic E-state index is 3.29. The molecule has 0 aliphatic carbocycles. The van der Waals surface area contributed by atoms with E-state index >= 15 is 0 Å². The van der Waals surface area contributed by atoms with Crippen LogP contribution in [-0.2, 0) is 0 Å². The lowest BCUT2D eigenvalue weighted by molar-refractivity contribution is 0.539. The summed E-state index contributed by atoms with van der Waals surface area (Å²) >= 11 is 0.